The van der Waals surface area contributed by atoms with Gasteiger partial charge < -0.3 is 10.2 Å². The van der Waals surface area contributed by atoms with Gasteiger partial charge in [0, 0.05) is 48.2 Å². The number of hydrogen-bond donors (Lipinski definition) is 2. The molecule has 0 saturated carbocycles. The molecular formula is C23H25FN6OS. The van der Waals surface area contributed by atoms with Crippen LogP contribution in [0.1, 0.15) is 30.2 Å². The van der Waals surface area contributed by atoms with Crippen LogP contribution in [0, 0.1) is 13.8 Å². The summed E-state index contributed by atoms with van der Waals surface area (Å²) in [5.41, 5.74) is 2.80. The molecule has 166 valence electrons. The third-order valence-electron chi connectivity index (χ3n) is 5.09. The van der Waals surface area contributed by atoms with Gasteiger partial charge in [0.25, 0.3) is 0 Å². The van der Waals surface area contributed by atoms with E-state index in [0.717, 1.165) is 27.5 Å². The highest BCUT2D eigenvalue weighted by Crippen LogP contribution is 2.33. The first-order chi connectivity index (χ1) is 15.4. The number of ketones is 1. The van der Waals surface area contributed by atoms with Crippen molar-refractivity contribution in [2.75, 3.05) is 23.3 Å². The first-order valence-corrected chi connectivity index (χ1v) is 11.2. The summed E-state index contributed by atoms with van der Waals surface area (Å²) < 4.78 is 13.6. The van der Waals surface area contributed by atoms with E-state index >= 15 is 0 Å². The van der Waals surface area contributed by atoms with E-state index in [1.165, 1.54) is 11.8 Å². The number of H-pyrrole nitrogens is 1. The molecule has 2 aromatic heterocycles. The van der Waals surface area contributed by atoms with Crippen molar-refractivity contribution in [3.05, 3.63) is 59.1 Å². The molecule has 0 aliphatic carbocycles. The number of carbonyl (C=O) groups is 1. The summed E-state index contributed by atoms with van der Waals surface area (Å²) in [6.07, 6.45) is 2.38. The maximum absolute atomic E-state index is 13.6. The summed E-state index contributed by atoms with van der Waals surface area (Å²) in [7, 11) is 0. The van der Waals surface area contributed by atoms with E-state index in [0.29, 0.717) is 42.7 Å². The molecule has 32 heavy (non-hydrogen) atoms. The second-order valence-corrected chi connectivity index (χ2v) is 8.88. The number of rotatable bonds is 7. The summed E-state index contributed by atoms with van der Waals surface area (Å²) in [5, 5.41) is 11.0. The van der Waals surface area contributed by atoms with E-state index in [1.807, 2.05) is 44.2 Å². The molecule has 1 aliphatic heterocycles. The highest BCUT2D eigenvalue weighted by molar-refractivity contribution is 7.99. The van der Waals surface area contributed by atoms with E-state index in [9.17, 15) is 9.18 Å². The molecule has 0 saturated heterocycles. The van der Waals surface area contributed by atoms with Crippen LogP contribution in [0.2, 0.25) is 0 Å². The average molecular weight is 453 g/mol. The number of aromatic nitrogens is 4. The molecule has 0 amide bonds. The minimum Gasteiger partial charge on any atom is -0.352 e. The normalized spacial score (nSPS) is 13.8. The van der Waals surface area contributed by atoms with Gasteiger partial charge in [-0.3, -0.25) is 9.89 Å². The van der Waals surface area contributed by atoms with Gasteiger partial charge >= 0.3 is 0 Å². The Labute approximate surface area is 190 Å². The van der Waals surface area contributed by atoms with Crippen molar-refractivity contribution in [3.63, 3.8) is 0 Å². The van der Waals surface area contributed by atoms with E-state index in [-0.39, 0.29) is 11.6 Å². The summed E-state index contributed by atoms with van der Waals surface area (Å²) in [5.74, 6) is 2.15. The summed E-state index contributed by atoms with van der Waals surface area (Å²) in [4.78, 5) is 23.9. The molecule has 2 N–H and O–H groups in total. The number of aromatic amines is 1. The molecular weight excluding hydrogens is 427 g/mol. The molecule has 0 radical (unpaired) electrons. The zero-order chi connectivity index (χ0) is 22.7. The molecule has 0 unspecified atom stereocenters. The van der Waals surface area contributed by atoms with Crippen LogP contribution in [0.15, 0.2) is 52.3 Å². The minimum absolute atomic E-state index is 0.0847. The van der Waals surface area contributed by atoms with Gasteiger partial charge in [0.05, 0.1) is 5.83 Å². The topological polar surface area (TPSA) is 86.8 Å². The van der Waals surface area contributed by atoms with Gasteiger partial charge in [-0.05, 0) is 56.3 Å². The monoisotopic (exact) mass is 452 g/mol. The number of anilines is 3. The van der Waals surface area contributed by atoms with Crippen LogP contribution in [0.5, 0.6) is 0 Å². The Kier molecular flexibility index (Phi) is 6.55. The van der Waals surface area contributed by atoms with Crippen LogP contribution in [0.4, 0.5) is 21.8 Å². The Morgan fingerprint density at radius 1 is 1.25 bits per heavy atom. The standard InChI is InChI=1S/C23H25FN6OS/c1-14-12-20(29-28-14)25-21-16(3)22(30-10-8-18(24)9-11-30)27-23(26-21)32-19-6-4-17(5-7-19)13-15(2)31/h4-8,12H,9-11,13H2,1-3H3,(H2,25,26,27,28,29). The third kappa shape index (κ3) is 5.34. The minimum atomic E-state index is -0.0847. The molecule has 1 aromatic carbocycles. The van der Waals surface area contributed by atoms with Crippen molar-refractivity contribution in [1.29, 1.82) is 0 Å². The predicted molar refractivity (Wildman–Crippen MR) is 124 cm³/mol. The van der Waals surface area contributed by atoms with Crippen molar-refractivity contribution in [1.82, 2.24) is 20.2 Å². The Hall–Kier alpha value is -3.20. The zero-order valence-electron chi connectivity index (χ0n) is 18.3. The SMILES string of the molecule is CC(=O)Cc1ccc(Sc2nc(Nc3cc(C)[nH]n3)c(C)c(N3CC=C(F)CC3)n2)cc1. The molecule has 0 bridgehead atoms. The first kappa shape index (κ1) is 22.0. The van der Waals surface area contributed by atoms with Gasteiger partial charge in [-0.1, -0.05) is 12.1 Å². The van der Waals surface area contributed by atoms with Crippen molar-refractivity contribution >= 4 is 35.0 Å². The molecule has 0 spiro atoms. The number of halogens is 1. The van der Waals surface area contributed by atoms with E-state index in [2.05, 4.69) is 20.4 Å². The second kappa shape index (κ2) is 9.52. The van der Waals surface area contributed by atoms with Crippen LogP contribution < -0.4 is 10.2 Å². The number of hydrogen-bond acceptors (Lipinski definition) is 7. The van der Waals surface area contributed by atoms with Crippen LogP contribution in [0.25, 0.3) is 0 Å². The van der Waals surface area contributed by atoms with Crippen LogP contribution >= 0.6 is 11.8 Å². The van der Waals surface area contributed by atoms with Crippen LogP contribution in [-0.4, -0.2) is 39.0 Å². The Balaban J connectivity index is 1.65. The number of nitrogens with zero attached hydrogens (tertiary/aromatic N) is 4. The highest BCUT2D eigenvalue weighted by atomic mass is 32.2. The number of aryl methyl sites for hydroxylation is 1. The molecule has 9 heteroatoms. The van der Waals surface area contributed by atoms with E-state index in [1.54, 1.807) is 13.0 Å². The maximum atomic E-state index is 13.6. The largest absolute Gasteiger partial charge is 0.352 e. The fourth-order valence-electron chi connectivity index (χ4n) is 3.47. The van der Waals surface area contributed by atoms with Crippen LogP contribution in [0.3, 0.4) is 0 Å². The van der Waals surface area contributed by atoms with E-state index in [4.69, 9.17) is 9.97 Å². The van der Waals surface area contributed by atoms with Gasteiger partial charge in [0.15, 0.2) is 11.0 Å². The fourth-order valence-corrected chi connectivity index (χ4v) is 4.22. The lowest BCUT2D eigenvalue weighted by Crippen LogP contribution is -2.30. The zero-order valence-corrected chi connectivity index (χ0v) is 19.1. The molecule has 0 atom stereocenters. The smallest absolute Gasteiger partial charge is 0.196 e. The van der Waals surface area contributed by atoms with Gasteiger partial charge in [-0.15, -0.1) is 0 Å². The fraction of sp³-hybridized carbons (Fsp3) is 0.304. The first-order valence-electron chi connectivity index (χ1n) is 10.4. The quantitative estimate of drug-likeness (QED) is 0.493. The van der Waals surface area contributed by atoms with Gasteiger partial charge in [0.1, 0.15) is 17.4 Å². The maximum Gasteiger partial charge on any atom is 0.196 e. The second-order valence-electron chi connectivity index (χ2n) is 7.84. The number of Topliss-reactive ketones (excluding diaryl/α,β-unsaturated/α-hetero) is 1. The summed E-state index contributed by atoms with van der Waals surface area (Å²) in [6.45, 7) is 6.50. The predicted octanol–water partition coefficient (Wildman–Crippen LogP) is 4.91. The van der Waals surface area contributed by atoms with Crippen molar-refractivity contribution < 1.29 is 9.18 Å². The number of carbonyl (C=O) groups excluding carboxylic acids is 1. The number of benzene rings is 1. The van der Waals surface area contributed by atoms with Crippen molar-refractivity contribution in [2.24, 2.45) is 0 Å². The number of nitrogens with one attached hydrogen (secondary N) is 2. The van der Waals surface area contributed by atoms with Crippen LogP contribution in [-0.2, 0) is 11.2 Å². The Morgan fingerprint density at radius 3 is 2.66 bits per heavy atom. The lowest BCUT2D eigenvalue weighted by atomic mass is 10.1. The third-order valence-corrected chi connectivity index (χ3v) is 5.96. The van der Waals surface area contributed by atoms with Gasteiger partial charge in [0.2, 0.25) is 0 Å². The molecule has 4 rings (SSSR count). The Bertz CT molecular complexity index is 1160. The lowest BCUT2D eigenvalue weighted by molar-refractivity contribution is -0.116. The average Bonchev–Trinajstić information content (AvgIpc) is 3.16. The molecule has 1 aliphatic rings. The summed E-state index contributed by atoms with van der Waals surface area (Å²) in [6, 6.07) is 9.73. The molecule has 7 nitrogen and oxygen atoms in total. The lowest BCUT2D eigenvalue weighted by Gasteiger charge is -2.27. The van der Waals surface area contributed by atoms with Crippen molar-refractivity contribution in [2.45, 2.75) is 43.7 Å². The van der Waals surface area contributed by atoms with Crippen molar-refractivity contribution in [3.8, 4) is 0 Å². The summed E-state index contributed by atoms with van der Waals surface area (Å²) >= 11 is 1.44. The van der Waals surface area contributed by atoms with Gasteiger partial charge in [-0.2, -0.15) is 5.10 Å². The Morgan fingerprint density at radius 2 is 2.03 bits per heavy atom. The molecule has 3 heterocycles. The highest BCUT2D eigenvalue weighted by Gasteiger charge is 2.20. The molecule has 0 fully saturated rings. The molecule has 3 aromatic rings. The van der Waals surface area contributed by atoms with Gasteiger partial charge in [-0.25, -0.2) is 14.4 Å². The van der Waals surface area contributed by atoms with E-state index < -0.39 is 0 Å².